The Bertz CT molecular complexity index is 541. The average Bonchev–Trinajstić information content (AvgIpc) is 2.41. The molecule has 2 rings (SSSR count). The zero-order valence-electron chi connectivity index (χ0n) is 7.74. The second-order valence-electron chi connectivity index (χ2n) is 2.78. The van der Waals surface area contributed by atoms with Gasteiger partial charge >= 0.3 is 5.69 Å². The van der Waals surface area contributed by atoms with E-state index in [9.17, 15) is 4.79 Å². The van der Waals surface area contributed by atoms with E-state index in [1.165, 1.54) is 11.7 Å². The van der Waals surface area contributed by atoms with E-state index < -0.39 is 0 Å². The van der Waals surface area contributed by atoms with Crippen molar-refractivity contribution in [2.75, 3.05) is 12.8 Å². The summed E-state index contributed by atoms with van der Waals surface area (Å²) < 4.78 is 6.36. The third-order valence-electron chi connectivity index (χ3n) is 1.93. The number of aryl methyl sites for hydroxylation is 1. The van der Waals surface area contributed by atoms with Gasteiger partial charge in [-0.25, -0.2) is 4.79 Å². The number of fused-ring (bicyclic) bond motifs is 1. The fourth-order valence-electron chi connectivity index (χ4n) is 1.27. The van der Waals surface area contributed by atoms with Crippen LogP contribution in [0.2, 0.25) is 0 Å². The molecule has 7 heteroatoms. The third kappa shape index (κ3) is 1.02. The molecule has 0 aromatic carbocycles. The molecule has 0 saturated heterocycles. The quantitative estimate of drug-likeness (QED) is 0.623. The third-order valence-corrected chi connectivity index (χ3v) is 1.93. The molecule has 2 aromatic heterocycles. The minimum absolute atomic E-state index is 0.0659. The summed E-state index contributed by atoms with van der Waals surface area (Å²) in [4.78, 5) is 21.5. The number of anilines is 1. The maximum atomic E-state index is 11.3. The molecule has 0 fully saturated rings. The number of methoxy groups -OCH3 is 1. The number of nitrogen functional groups attached to an aromatic ring is 1. The largest absolute Gasteiger partial charge is 0.479 e. The molecule has 3 N–H and O–H groups in total. The van der Waals surface area contributed by atoms with Crippen molar-refractivity contribution in [2.45, 2.75) is 0 Å². The Balaban J connectivity index is 2.96. The summed E-state index contributed by atoms with van der Waals surface area (Å²) in [6, 6.07) is 0. The minimum atomic E-state index is -0.279. The molecule has 7 nitrogen and oxygen atoms in total. The number of H-pyrrole nitrogens is 1. The van der Waals surface area contributed by atoms with Crippen LogP contribution in [0, 0.1) is 0 Å². The average molecular weight is 195 g/mol. The van der Waals surface area contributed by atoms with E-state index in [2.05, 4.69) is 15.0 Å². The first-order valence-electron chi connectivity index (χ1n) is 3.89. The van der Waals surface area contributed by atoms with Gasteiger partial charge in [0.1, 0.15) is 0 Å². The molecule has 0 aliphatic rings. The highest BCUT2D eigenvalue weighted by Gasteiger charge is 2.12. The van der Waals surface area contributed by atoms with Gasteiger partial charge in [-0.1, -0.05) is 0 Å². The van der Waals surface area contributed by atoms with Crippen molar-refractivity contribution in [2.24, 2.45) is 7.05 Å². The highest BCUT2D eigenvalue weighted by molar-refractivity contribution is 5.77. The number of hydrogen-bond acceptors (Lipinski definition) is 5. The Labute approximate surface area is 78.5 Å². The molecule has 0 aliphatic carbocycles. The summed E-state index contributed by atoms with van der Waals surface area (Å²) in [6.07, 6.45) is 0. The summed E-state index contributed by atoms with van der Waals surface area (Å²) in [5.41, 5.74) is 6.03. The SMILES string of the molecule is COc1nc(N)nc2[nH]c(=O)n(C)c12. The Morgan fingerprint density at radius 3 is 2.86 bits per heavy atom. The van der Waals surface area contributed by atoms with Crippen LogP contribution in [0.5, 0.6) is 5.88 Å². The second-order valence-corrected chi connectivity index (χ2v) is 2.78. The molecule has 14 heavy (non-hydrogen) atoms. The van der Waals surface area contributed by atoms with E-state index >= 15 is 0 Å². The fourth-order valence-corrected chi connectivity index (χ4v) is 1.27. The van der Waals surface area contributed by atoms with Crippen LogP contribution in [0.4, 0.5) is 5.95 Å². The smallest absolute Gasteiger partial charge is 0.327 e. The number of aromatic nitrogens is 4. The lowest BCUT2D eigenvalue weighted by atomic mass is 10.5. The first-order valence-corrected chi connectivity index (χ1v) is 3.89. The first kappa shape index (κ1) is 8.54. The molecule has 0 bridgehead atoms. The van der Waals surface area contributed by atoms with Crippen molar-refractivity contribution < 1.29 is 4.74 Å². The van der Waals surface area contributed by atoms with Gasteiger partial charge in [-0.2, -0.15) is 9.97 Å². The van der Waals surface area contributed by atoms with Crippen LogP contribution < -0.4 is 16.2 Å². The van der Waals surface area contributed by atoms with Crippen LogP contribution in [0.15, 0.2) is 4.79 Å². The zero-order chi connectivity index (χ0) is 10.3. The molecule has 0 saturated carbocycles. The molecule has 0 spiro atoms. The van der Waals surface area contributed by atoms with Gasteiger partial charge < -0.3 is 10.5 Å². The molecule has 0 unspecified atom stereocenters. The van der Waals surface area contributed by atoms with Crippen molar-refractivity contribution >= 4 is 17.1 Å². The van der Waals surface area contributed by atoms with Gasteiger partial charge in [0.25, 0.3) is 0 Å². The summed E-state index contributed by atoms with van der Waals surface area (Å²) in [5, 5.41) is 0. The lowest BCUT2D eigenvalue weighted by molar-refractivity contribution is 0.401. The van der Waals surface area contributed by atoms with Gasteiger partial charge in [0.15, 0.2) is 11.2 Å². The normalized spacial score (nSPS) is 10.7. The molecule has 74 valence electrons. The van der Waals surface area contributed by atoms with Crippen molar-refractivity contribution in [1.29, 1.82) is 0 Å². The molecule has 0 amide bonds. The number of nitrogens with one attached hydrogen (secondary N) is 1. The van der Waals surface area contributed by atoms with E-state index in [4.69, 9.17) is 10.5 Å². The van der Waals surface area contributed by atoms with Gasteiger partial charge in [0.05, 0.1) is 7.11 Å². The number of ether oxygens (including phenoxy) is 1. The molecular formula is C7H9N5O2. The summed E-state index contributed by atoms with van der Waals surface area (Å²) >= 11 is 0. The molecule has 2 aromatic rings. The standard InChI is InChI=1S/C7H9N5O2/c1-12-3-4(10-7(12)13)9-6(8)11-5(3)14-2/h1-2H3,(H3,8,9,10,11,13). The Morgan fingerprint density at radius 1 is 1.50 bits per heavy atom. The van der Waals surface area contributed by atoms with Crippen LogP contribution in [0.25, 0.3) is 11.2 Å². The Hall–Kier alpha value is -2.05. The van der Waals surface area contributed by atoms with Gasteiger partial charge in [-0.05, 0) is 0 Å². The van der Waals surface area contributed by atoms with Crippen LogP contribution >= 0.6 is 0 Å². The van der Waals surface area contributed by atoms with Crippen molar-refractivity contribution in [1.82, 2.24) is 19.5 Å². The number of imidazole rings is 1. The van der Waals surface area contributed by atoms with E-state index in [1.54, 1.807) is 7.05 Å². The topological polar surface area (TPSA) is 98.8 Å². The van der Waals surface area contributed by atoms with Crippen LogP contribution in [0.1, 0.15) is 0 Å². The second kappa shape index (κ2) is 2.72. The van der Waals surface area contributed by atoms with Gasteiger partial charge in [-0.15, -0.1) is 0 Å². The van der Waals surface area contributed by atoms with E-state index in [1.807, 2.05) is 0 Å². The van der Waals surface area contributed by atoms with Crippen molar-refractivity contribution in [3.8, 4) is 5.88 Å². The summed E-state index contributed by atoms with van der Waals surface area (Å²) in [5.74, 6) is 0.351. The van der Waals surface area contributed by atoms with Gasteiger partial charge in [0, 0.05) is 7.05 Å². The van der Waals surface area contributed by atoms with Crippen LogP contribution in [-0.2, 0) is 7.05 Å². The van der Waals surface area contributed by atoms with Crippen molar-refractivity contribution in [3.63, 3.8) is 0 Å². The molecule has 2 heterocycles. The summed E-state index contributed by atoms with van der Waals surface area (Å²) in [6.45, 7) is 0. The fraction of sp³-hybridized carbons (Fsp3) is 0.286. The highest BCUT2D eigenvalue weighted by atomic mass is 16.5. The lowest BCUT2D eigenvalue weighted by Crippen LogP contribution is -2.12. The number of hydrogen-bond donors (Lipinski definition) is 2. The zero-order valence-corrected chi connectivity index (χ0v) is 7.74. The van der Waals surface area contributed by atoms with Crippen LogP contribution in [-0.4, -0.2) is 26.6 Å². The Morgan fingerprint density at radius 2 is 2.21 bits per heavy atom. The lowest BCUT2D eigenvalue weighted by Gasteiger charge is -2.01. The monoisotopic (exact) mass is 195 g/mol. The predicted molar refractivity (Wildman–Crippen MR) is 50.1 cm³/mol. The number of rotatable bonds is 1. The van der Waals surface area contributed by atoms with E-state index in [-0.39, 0.29) is 17.5 Å². The molecular weight excluding hydrogens is 186 g/mol. The Kier molecular flexibility index (Phi) is 1.66. The van der Waals surface area contributed by atoms with Gasteiger partial charge in [-0.3, -0.25) is 9.55 Å². The van der Waals surface area contributed by atoms with Crippen molar-refractivity contribution in [3.05, 3.63) is 10.5 Å². The van der Waals surface area contributed by atoms with Crippen LogP contribution in [0.3, 0.4) is 0 Å². The predicted octanol–water partition coefficient (Wildman–Crippen LogP) is -0.753. The van der Waals surface area contributed by atoms with Gasteiger partial charge in [0.2, 0.25) is 11.8 Å². The van der Waals surface area contributed by atoms with E-state index in [0.29, 0.717) is 11.2 Å². The maximum absolute atomic E-state index is 11.3. The number of aromatic amines is 1. The molecule has 0 atom stereocenters. The molecule has 0 radical (unpaired) electrons. The maximum Gasteiger partial charge on any atom is 0.327 e. The highest BCUT2D eigenvalue weighted by Crippen LogP contribution is 2.19. The number of nitrogens with zero attached hydrogens (tertiary/aromatic N) is 3. The molecule has 0 aliphatic heterocycles. The minimum Gasteiger partial charge on any atom is -0.479 e. The van der Waals surface area contributed by atoms with E-state index in [0.717, 1.165) is 0 Å². The number of nitrogens with two attached hydrogens (primary N) is 1. The first-order chi connectivity index (χ1) is 6.63. The summed E-state index contributed by atoms with van der Waals surface area (Å²) in [7, 11) is 3.06.